The number of hydrogen-bond acceptors (Lipinski definition) is 5. The molecule has 164 valence electrons. The lowest BCUT2D eigenvalue weighted by Crippen LogP contribution is -2.27. The summed E-state index contributed by atoms with van der Waals surface area (Å²) >= 11 is 0. The second kappa shape index (κ2) is 12.4. The Morgan fingerprint density at radius 1 is 1.07 bits per heavy atom. The molecule has 0 spiro atoms. The lowest BCUT2D eigenvalue weighted by atomic mass is 9.89. The molecule has 0 aliphatic carbocycles. The van der Waals surface area contributed by atoms with Gasteiger partial charge >= 0.3 is 0 Å². The van der Waals surface area contributed by atoms with Crippen LogP contribution in [0.3, 0.4) is 0 Å². The van der Waals surface area contributed by atoms with Crippen LogP contribution in [0.4, 0.5) is 0 Å². The number of allylic oxidation sites excluding steroid dienone is 2. The van der Waals surface area contributed by atoms with Crippen molar-refractivity contribution < 1.29 is 19.0 Å². The molecule has 1 N–H and O–H groups in total. The van der Waals surface area contributed by atoms with E-state index in [-0.39, 0.29) is 0 Å². The molecule has 1 heterocycles. The van der Waals surface area contributed by atoms with Crippen LogP contribution in [0.25, 0.3) is 0 Å². The smallest absolute Gasteiger partial charge is 0.135 e. The highest BCUT2D eigenvalue weighted by Crippen LogP contribution is 2.33. The molecule has 2 aromatic rings. The minimum absolute atomic E-state index is 0.578. The van der Waals surface area contributed by atoms with E-state index in [4.69, 9.17) is 13.9 Å². The zero-order chi connectivity index (χ0) is 21.8. The molecular weight excluding hydrogens is 378 g/mol. The molecule has 0 aliphatic rings. The van der Waals surface area contributed by atoms with Crippen molar-refractivity contribution in [2.45, 2.75) is 44.4 Å². The maximum absolute atomic E-state index is 11.2. The van der Waals surface area contributed by atoms with Gasteiger partial charge in [0.2, 0.25) is 0 Å². The summed E-state index contributed by atoms with van der Waals surface area (Å²) in [6.07, 6.45) is 6.24. The zero-order valence-corrected chi connectivity index (χ0v) is 18.3. The van der Waals surface area contributed by atoms with Crippen molar-refractivity contribution in [3.05, 3.63) is 78.8 Å². The van der Waals surface area contributed by atoms with Crippen molar-refractivity contribution in [3.63, 3.8) is 0 Å². The molecule has 0 unspecified atom stereocenters. The van der Waals surface area contributed by atoms with Crippen LogP contribution in [0.15, 0.2) is 66.1 Å². The monoisotopic (exact) mass is 413 g/mol. The van der Waals surface area contributed by atoms with Gasteiger partial charge in [-0.15, -0.1) is 13.2 Å². The van der Waals surface area contributed by atoms with Gasteiger partial charge < -0.3 is 19.0 Å². The van der Waals surface area contributed by atoms with Crippen LogP contribution in [0.1, 0.15) is 42.8 Å². The van der Waals surface area contributed by atoms with E-state index in [1.165, 1.54) is 0 Å². The van der Waals surface area contributed by atoms with E-state index in [2.05, 4.69) is 24.1 Å². The molecule has 2 rings (SSSR count). The van der Waals surface area contributed by atoms with E-state index in [1.54, 1.807) is 14.2 Å². The molecule has 30 heavy (non-hydrogen) atoms. The Bertz CT molecular complexity index is 771. The number of methoxy groups -OCH3 is 2. The van der Waals surface area contributed by atoms with Crippen LogP contribution in [0.5, 0.6) is 5.75 Å². The molecule has 0 saturated heterocycles. The number of rotatable bonds is 15. The minimum atomic E-state index is -1.01. The third-order valence-corrected chi connectivity index (χ3v) is 5.18. The summed E-state index contributed by atoms with van der Waals surface area (Å²) in [6.45, 7) is 10.3. The summed E-state index contributed by atoms with van der Waals surface area (Å²) in [5.41, 5.74) is 0.149. The summed E-state index contributed by atoms with van der Waals surface area (Å²) in [7, 11) is 3.38. The van der Waals surface area contributed by atoms with E-state index in [0.29, 0.717) is 31.8 Å². The third kappa shape index (κ3) is 7.17. The van der Waals surface area contributed by atoms with Gasteiger partial charge in [-0.25, -0.2) is 0 Å². The molecule has 0 saturated carbocycles. The number of benzene rings is 1. The highest BCUT2D eigenvalue weighted by Gasteiger charge is 2.31. The fourth-order valence-electron chi connectivity index (χ4n) is 3.45. The van der Waals surface area contributed by atoms with Crippen LogP contribution >= 0.6 is 0 Å². The normalized spacial score (nSPS) is 11.6. The number of hydrogen-bond donors (Lipinski definition) is 1. The van der Waals surface area contributed by atoms with E-state index in [0.717, 1.165) is 43.0 Å². The molecule has 1 aromatic heterocycles. The van der Waals surface area contributed by atoms with Crippen molar-refractivity contribution in [2.24, 2.45) is 0 Å². The van der Waals surface area contributed by atoms with Gasteiger partial charge in [0.15, 0.2) is 0 Å². The molecule has 0 radical (unpaired) electrons. The van der Waals surface area contributed by atoms with Crippen molar-refractivity contribution in [1.82, 2.24) is 4.90 Å². The number of ether oxygens (including phenoxy) is 2. The Labute approximate surface area is 180 Å². The molecule has 1 aromatic carbocycles. The Kier molecular flexibility index (Phi) is 9.87. The van der Waals surface area contributed by atoms with Crippen molar-refractivity contribution in [1.29, 1.82) is 0 Å². The van der Waals surface area contributed by atoms with Gasteiger partial charge in [-0.1, -0.05) is 24.3 Å². The van der Waals surface area contributed by atoms with Crippen LogP contribution < -0.4 is 4.74 Å². The minimum Gasteiger partial charge on any atom is -0.497 e. The van der Waals surface area contributed by atoms with E-state index in [1.807, 2.05) is 42.5 Å². The first-order valence-electron chi connectivity index (χ1n) is 10.4. The molecule has 0 atom stereocenters. The average molecular weight is 414 g/mol. The first-order chi connectivity index (χ1) is 14.5. The molecule has 0 amide bonds. The third-order valence-electron chi connectivity index (χ3n) is 5.18. The molecule has 0 fully saturated rings. The molecule has 0 bridgehead atoms. The van der Waals surface area contributed by atoms with Gasteiger partial charge in [-0.05, 0) is 55.5 Å². The molecule has 0 aliphatic heterocycles. The first kappa shape index (κ1) is 23.9. The standard InChI is InChI=1S/C25H35NO4/c1-5-7-14-25(27,15-8-6-2)24-13-12-23(30-24)20-26(16-17-28-3)19-21-10-9-11-22(18-21)29-4/h5-6,9-13,18,27H,1-2,7-8,14-17,19-20H2,3-4H3. The maximum Gasteiger partial charge on any atom is 0.135 e. The van der Waals surface area contributed by atoms with Crippen molar-refractivity contribution in [2.75, 3.05) is 27.4 Å². The van der Waals surface area contributed by atoms with Gasteiger partial charge in [-0.3, -0.25) is 4.90 Å². The Morgan fingerprint density at radius 2 is 1.80 bits per heavy atom. The quantitative estimate of drug-likeness (QED) is 0.414. The van der Waals surface area contributed by atoms with E-state index in [9.17, 15) is 5.11 Å². The molecule has 5 nitrogen and oxygen atoms in total. The fraction of sp³-hybridized carbons (Fsp3) is 0.440. The molecule has 5 heteroatoms. The number of nitrogens with zero attached hydrogens (tertiary/aromatic N) is 1. The summed E-state index contributed by atoms with van der Waals surface area (Å²) < 4.78 is 16.7. The lowest BCUT2D eigenvalue weighted by molar-refractivity contribution is -0.00227. The van der Waals surface area contributed by atoms with Gasteiger partial charge in [0.25, 0.3) is 0 Å². The highest BCUT2D eigenvalue weighted by atomic mass is 16.5. The van der Waals surface area contributed by atoms with E-state index < -0.39 is 5.60 Å². The van der Waals surface area contributed by atoms with Gasteiger partial charge in [0, 0.05) is 20.2 Å². The summed E-state index contributed by atoms with van der Waals surface area (Å²) in [6, 6.07) is 11.9. The number of furan rings is 1. The van der Waals surface area contributed by atoms with Crippen LogP contribution in [0, 0.1) is 0 Å². The second-order valence-corrected chi connectivity index (χ2v) is 7.51. The van der Waals surface area contributed by atoms with Crippen LogP contribution in [0.2, 0.25) is 0 Å². The van der Waals surface area contributed by atoms with Crippen LogP contribution in [-0.4, -0.2) is 37.4 Å². The SMILES string of the molecule is C=CCCC(O)(CCC=C)c1ccc(CN(CCOC)Cc2cccc(OC)c2)o1. The van der Waals surface area contributed by atoms with Crippen molar-refractivity contribution >= 4 is 0 Å². The molecular formula is C25H35NO4. The predicted octanol–water partition coefficient (Wildman–Crippen LogP) is 5.06. The largest absolute Gasteiger partial charge is 0.497 e. The first-order valence-corrected chi connectivity index (χ1v) is 10.4. The van der Waals surface area contributed by atoms with Gasteiger partial charge in [-0.2, -0.15) is 0 Å². The second-order valence-electron chi connectivity index (χ2n) is 7.51. The number of aliphatic hydroxyl groups is 1. The highest BCUT2D eigenvalue weighted by molar-refractivity contribution is 5.28. The Hall–Kier alpha value is -2.34. The Balaban J connectivity index is 2.14. The van der Waals surface area contributed by atoms with Crippen molar-refractivity contribution in [3.8, 4) is 5.75 Å². The summed E-state index contributed by atoms with van der Waals surface area (Å²) in [5, 5.41) is 11.2. The van der Waals surface area contributed by atoms with Gasteiger partial charge in [0.05, 0.1) is 20.3 Å². The fourth-order valence-corrected chi connectivity index (χ4v) is 3.45. The average Bonchev–Trinajstić information content (AvgIpc) is 3.24. The topological polar surface area (TPSA) is 55.1 Å². The van der Waals surface area contributed by atoms with Gasteiger partial charge in [0.1, 0.15) is 22.9 Å². The zero-order valence-electron chi connectivity index (χ0n) is 18.3. The Morgan fingerprint density at radius 3 is 2.43 bits per heavy atom. The summed E-state index contributed by atoms with van der Waals surface area (Å²) in [5.74, 6) is 2.27. The van der Waals surface area contributed by atoms with Crippen LogP contribution in [-0.2, 0) is 23.4 Å². The predicted molar refractivity (Wildman–Crippen MR) is 120 cm³/mol. The summed E-state index contributed by atoms with van der Waals surface area (Å²) in [4.78, 5) is 2.26. The maximum atomic E-state index is 11.2. The van der Waals surface area contributed by atoms with E-state index >= 15 is 0 Å². The lowest BCUT2D eigenvalue weighted by Gasteiger charge is -2.25.